The Bertz CT molecular complexity index is 2830. The molecular formula is C46H32N2S. The number of aromatic nitrogens is 1. The van der Waals surface area contributed by atoms with E-state index in [9.17, 15) is 0 Å². The van der Waals surface area contributed by atoms with Gasteiger partial charge in [-0.25, -0.2) is 0 Å². The smallest absolute Gasteiger partial charge is 0.0795 e. The lowest BCUT2D eigenvalue weighted by molar-refractivity contribution is 0.704. The summed E-state index contributed by atoms with van der Waals surface area (Å²) in [5, 5.41) is 6.70. The normalized spacial score (nSPS) is 18.4. The van der Waals surface area contributed by atoms with Gasteiger partial charge in [0.25, 0.3) is 0 Å². The first-order valence-electron chi connectivity index (χ1n) is 17.5. The number of aliphatic imine (C=N–C) groups is 1. The Kier molecular flexibility index (Phi) is 5.88. The second-order valence-corrected chi connectivity index (χ2v) is 14.8. The minimum absolute atomic E-state index is 0.143. The highest BCUT2D eigenvalue weighted by Crippen LogP contribution is 2.51. The molecule has 0 N–H and O–H groups in total. The largest absolute Gasteiger partial charge is 0.308 e. The maximum atomic E-state index is 5.85. The SMILES string of the molecule is C1=C(C2CCc3ccccc3-c3cc4c5ccccc5n5c6ccccc6c(c32)c45)\N=C(\c2ccccc2)c2c(sc3ccccc23)CC/1. The van der Waals surface area contributed by atoms with Crippen LogP contribution in [0.5, 0.6) is 0 Å². The van der Waals surface area contributed by atoms with Crippen molar-refractivity contribution in [3.63, 3.8) is 0 Å². The number of hydrogen-bond acceptors (Lipinski definition) is 2. The Hall–Kier alpha value is -5.51. The molecule has 49 heavy (non-hydrogen) atoms. The van der Waals surface area contributed by atoms with Gasteiger partial charge in [-0.2, -0.15) is 0 Å². The van der Waals surface area contributed by atoms with E-state index in [1.807, 2.05) is 11.3 Å². The van der Waals surface area contributed by atoms with Crippen molar-refractivity contribution in [2.75, 3.05) is 0 Å². The molecule has 3 aromatic heterocycles. The first-order chi connectivity index (χ1) is 24.3. The van der Waals surface area contributed by atoms with E-state index in [1.165, 1.54) is 92.1 Å². The predicted octanol–water partition coefficient (Wildman–Crippen LogP) is 12.1. The Balaban J connectivity index is 1.26. The molecular weight excluding hydrogens is 613 g/mol. The predicted molar refractivity (Wildman–Crippen MR) is 208 cm³/mol. The second kappa shape index (κ2) is 10.5. The third kappa shape index (κ3) is 3.91. The van der Waals surface area contributed by atoms with Gasteiger partial charge in [-0.05, 0) is 72.2 Å². The fraction of sp³-hybridized carbons (Fsp3) is 0.109. The summed E-state index contributed by atoms with van der Waals surface area (Å²) in [6.45, 7) is 0. The first-order valence-corrected chi connectivity index (χ1v) is 18.3. The zero-order chi connectivity index (χ0) is 32.1. The van der Waals surface area contributed by atoms with Crippen LogP contribution in [0.2, 0.25) is 0 Å². The molecule has 1 atom stereocenters. The molecule has 0 amide bonds. The van der Waals surface area contributed by atoms with Crippen molar-refractivity contribution < 1.29 is 0 Å². The molecule has 0 radical (unpaired) electrons. The maximum Gasteiger partial charge on any atom is 0.0795 e. The highest BCUT2D eigenvalue weighted by molar-refractivity contribution is 7.19. The van der Waals surface area contributed by atoms with Crippen molar-refractivity contribution in [3.05, 3.63) is 172 Å². The third-order valence-electron chi connectivity index (χ3n) is 11.0. The van der Waals surface area contributed by atoms with Gasteiger partial charge in [-0.15, -0.1) is 11.3 Å². The van der Waals surface area contributed by atoms with Gasteiger partial charge in [0, 0.05) is 59.3 Å². The Labute approximate surface area is 288 Å². The molecule has 232 valence electrons. The molecule has 0 saturated carbocycles. The molecule has 2 nitrogen and oxygen atoms in total. The van der Waals surface area contributed by atoms with Gasteiger partial charge in [0.2, 0.25) is 0 Å². The summed E-state index contributed by atoms with van der Waals surface area (Å²) >= 11 is 1.94. The molecule has 9 aromatic rings. The molecule has 4 heterocycles. The summed E-state index contributed by atoms with van der Waals surface area (Å²) in [6.07, 6.45) is 6.51. The molecule has 1 aliphatic heterocycles. The van der Waals surface area contributed by atoms with E-state index in [0.29, 0.717) is 0 Å². The minimum Gasteiger partial charge on any atom is -0.308 e. The number of nitrogens with zero attached hydrogens (tertiary/aromatic N) is 2. The van der Waals surface area contributed by atoms with E-state index < -0.39 is 0 Å². The van der Waals surface area contributed by atoms with Crippen molar-refractivity contribution in [1.82, 2.24) is 4.40 Å². The minimum atomic E-state index is 0.143. The number of fused-ring (bicyclic) bond motifs is 13. The zero-order valence-corrected chi connectivity index (χ0v) is 27.8. The molecule has 3 heteroatoms. The van der Waals surface area contributed by atoms with Crippen LogP contribution in [0.15, 0.2) is 150 Å². The summed E-state index contributed by atoms with van der Waals surface area (Å²) in [5.41, 5.74) is 14.3. The Morgan fingerprint density at radius 3 is 2.22 bits per heavy atom. The molecule has 2 aliphatic rings. The van der Waals surface area contributed by atoms with Gasteiger partial charge in [-0.3, -0.25) is 4.99 Å². The number of benzene rings is 6. The third-order valence-corrected chi connectivity index (χ3v) is 12.3. The average molecular weight is 645 g/mol. The van der Waals surface area contributed by atoms with E-state index in [1.54, 1.807) is 0 Å². The topological polar surface area (TPSA) is 16.8 Å². The average Bonchev–Trinajstić information content (AvgIpc) is 3.75. The molecule has 0 spiro atoms. The van der Waals surface area contributed by atoms with E-state index in [4.69, 9.17) is 4.99 Å². The van der Waals surface area contributed by atoms with Gasteiger partial charge >= 0.3 is 0 Å². The van der Waals surface area contributed by atoms with Crippen LogP contribution in [-0.2, 0) is 12.8 Å². The lowest BCUT2D eigenvalue weighted by Gasteiger charge is -2.23. The van der Waals surface area contributed by atoms with Crippen LogP contribution in [0.3, 0.4) is 0 Å². The zero-order valence-electron chi connectivity index (χ0n) is 27.0. The van der Waals surface area contributed by atoms with Gasteiger partial charge < -0.3 is 4.40 Å². The molecule has 0 bridgehead atoms. The van der Waals surface area contributed by atoms with E-state index in [-0.39, 0.29) is 5.92 Å². The van der Waals surface area contributed by atoms with Gasteiger partial charge in [0.05, 0.1) is 22.3 Å². The van der Waals surface area contributed by atoms with Crippen LogP contribution < -0.4 is 0 Å². The highest BCUT2D eigenvalue weighted by Gasteiger charge is 2.32. The number of hydrogen-bond donors (Lipinski definition) is 0. The first kappa shape index (κ1) is 27.4. The summed E-state index contributed by atoms with van der Waals surface area (Å²) in [7, 11) is 0. The van der Waals surface area contributed by atoms with Gasteiger partial charge in [0.15, 0.2) is 0 Å². The van der Waals surface area contributed by atoms with Gasteiger partial charge in [-0.1, -0.05) is 115 Å². The number of aryl methyl sites for hydroxylation is 2. The lowest BCUT2D eigenvalue weighted by atomic mass is 9.83. The Morgan fingerprint density at radius 2 is 1.35 bits per heavy atom. The summed E-state index contributed by atoms with van der Waals surface area (Å²) in [5.74, 6) is 0.143. The van der Waals surface area contributed by atoms with Crippen molar-refractivity contribution in [1.29, 1.82) is 0 Å². The standard InChI is InChI=1S/C46H32N2S/c1-2-14-29(15-3-1)45-43-34-19-8-11-23-40(34)49-41(43)24-12-20-37(47-45)32-26-25-28-13-4-5-16-30(28)35-27-36-31-17-6-9-21-38(31)48-39-22-10-7-18-33(39)44(42(32)35)46(36)48/h1-11,13-23,27,32H,12,24-26H2/b37-20-,47-45-. The van der Waals surface area contributed by atoms with E-state index >= 15 is 0 Å². The van der Waals surface area contributed by atoms with E-state index in [0.717, 1.165) is 31.4 Å². The number of rotatable bonds is 2. The molecule has 11 rings (SSSR count). The lowest BCUT2D eigenvalue weighted by Crippen LogP contribution is -2.12. The van der Waals surface area contributed by atoms with Crippen LogP contribution in [0, 0.1) is 0 Å². The number of thiophene rings is 1. The number of allylic oxidation sites excluding steroid dienone is 2. The van der Waals surface area contributed by atoms with Gasteiger partial charge in [0.1, 0.15) is 0 Å². The summed E-state index contributed by atoms with van der Waals surface area (Å²) in [6, 6.07) is 49.4. The quantitative estimate of drug-likeness (QED) is 0.178. The molecule has 6 aromatic carbocycles. The summed E-state index contributed by atoms with van der Waals surface area (Å²) in [4.78, 5) is 7.28. The van der Waals surface area contributed by atoms with Crippen LogP contribution >= 0.6 is 11.3 Å². The molecule has 0 saturated heterocycles. The second-order valence-electron chi connectivity index (χ2n) is 13.6. The molecule has 1 unspecified atom stereocenters. The van der Waals surface area contributed by atoms with Crippen molar-refractivity contribution in [3.8, 4) is 11.1 Å². The van der Waals surface area contributed by atoms with E-state index in [2.05, 4.69) is 144 Å². The number of para-hydroxylation sites is 2. The summed E-state index contributed by atoms with van der Waals surface area (Å²) < 4.78 is 3.87. The highest BCUT2D eigenvalue weighted by atomic mass is 32.1. The Morgan fingerprint density at radius 1 is 0.633 bits per heavy atom. The molecule has 1 aliphatic carbocycles. The van der Waals surface area contributed by atoms with Crippen LogP contribution in [-0.4, -0.2) is 10.1 Å². The monoisotopic (exact) mass is 644 g/mol. The maximum absolute atomic E-state index is 5.85. The van der Waals surface area contributed by atoms with Crippen molar-refractivity contribution >= 4 is 65.2 Å². The molecule has 0 fully saturated rings. The fourth-order valence-electron chi connectivity index (χ4n) is 9.01. The fourth-order valence-corrected chi connectivity index (χ4v) is 10.2. The van der Waals surface area contributed by atoms with Crippen LogP contribution in [0.1, 0.15) is 45.9 Å². The van der Waals surface area contributed by atoms with Crippen LogP contribution in [0.25, 0.3) is 59.3 Å². The van der Waals surface area contributed by atoms with Crippen molar-refractivity contribution in [2.24, 2.45) is 4.99 Å². The van der Waals surface area contributed by atoms with Crippen LogP contribution in [0.4, 0.5) is 0 Å². The van der Waals surface area contributed by atoms with Crippen molar-refractivity contribution in [2.45, 2.75) is 31.6 Å².